The van der Waals surface area contributed by atoms with E-state index in [0.717, 1.165) is 16.7 Å². The molecule has 17 heavy (non-hydrogen) atoms. The van der Waals surface area contributed by atoms with Crippen molar-refractivity contribution >= 4 is 11.9 Å². The van der Waals surface area contributed by atoms with Crippen LogP contribution in [0.4, 0.5) is 5.69 Å². The van der Waals surface area contributed by atoms with Crippen LogP contribution in [0.1, 0.15) is 5.56 Å². The predicted octanol–water partition coefficient (Wildman–Crippen LogP) is 2.27. The molecule has 0 aliphatic carbocycles. The normalized spacial score (nSPS) is 11.4. The molecule has 0 spiro atoms. The van der Waals surface area contributed by atoms with Gasteiger partial charge in [-0.3, -0.25) is 4.99 Å². The van der Waals surface area contributed by atoms with Crippen LogP contribution < -0.4 is 11.2 Å². The van der Waals surface area contributed by atoms with Gasteiger partial charge in [0.05, 0.1) is 6.54 Å². The first kappa shape index (κ1) is 11.2. The highest BCUT2D eigenvalue weighted by Gasteiger charge is 1.95. The Morgan fingerprint density at radius 1 is 1.18 bits per heavy atom. The second-order valence-corrected chi connectivity index (χ2v) is 3.66. The van der Waals surface area contributed by atoms with Crippen molar-refractivity contribution in [2.75, 3.05) is 5.73 Å². The van der Waals surface area contributed by atoms with Gasteiger partial charge >= 0.3 is 0 Å². The summed E-state index contributed by atoms with van der Waals surface area (Å²) in [4.78, 5) is 4.52. The smallest absolute Gasteiger partial charge is 0.131 e. The van der Waals surface area contributed by atoms with Gasteiger partial charge in [-0.05, 0) is 23.8 Å². The molecule has 0 saturated heterocycles. The van der Waals surface area contributed by atoms with E-state index in [4.69, 9.17) is 5.73 Å². The summed E-state index contributed by atoms with van der Waals surface area (Å²) in [5.74, 6) is 0. The lowest BCUT2D eigenvalue weighted by Gasteiger charge is -2.02. The first-order valence-electron chi connectivity index (χ1n) is 5.45. The maximum absolute atomic E-state index is 5.87. The third kappa shape index (κ3) is 2.64. The number of aromatic nitrogens is 1. The zero-order valence-electron chi connectivity index (χ0n) is 9.58. The lowest BCUT2D eigenvalue weighted by Crippen LogP contribution is -2.15. The lowest BCUT2D eigenvalue weighted by molar-refractivity contribution is 0.915. The van der Waals surface area contributed by atoms with E-state index in [2.05, 4.69) is 11.6 Å². The molecule has 0 fully saturated rings. The summed E-state index contributed by atoms with van der Waals surface area (Å²) in [6.07, 6.45) is 3.65. The van der Waals surface area contributed by atoms with E-state index in [1.54, 1.807) is 6.20 Å². The fraction of sp³-hybridized carbons (Fsp3) is 0.0714. The number of para-hydroxylation sites is 1. The van der Waals surface area contributed by atoms with E-state index in [1.807, 2.05) is 53.2 Å². The quantitative estimate of drug-likeness (QED) is 0.800. The number of benzene rings is 1. The van der Waals surface area contributed by atoms with Crippen LogP contribution in [-0.2, 0) is 6.54 Å². The Morgan fingerprint density at radius 3 is 2.71 bits per heavy atom. The molecular weight excluding hydrogens is 210 g/mol. The Labute approximate surface area is 101 Å². The summed E-state index contributed by atoms with van der Waals surface area (Å²) in [5, 5.41) is 0. The fourth-order valence-corrected chi connectivity index (χ4v) is 1.58. The largest absolute Gasteiger partial charge is 0.398 e. The average Bonchev–Trinajstić information content (AvgIpc) is 2.38. The van der Waals surface area contributed by atoms with Crippen LogP contribution in [-0.4, -0.2) is 4.57 Å². The number of nitrogen functional groups attached to an aromatic ring is 1. The summed E-state index contributed by atoms with van der Waals surface area (Å²) in [5.41, 5.74) is 8.54. The van der Waals surface area contributed by atoms with Crippen molar-refractivity contribution in [3.8, 4) is 0 Å². The Morgan fingerprint density at radius 2 is 1.94 bits per heavy atom. The maximum atomic E-state index is 5.87. The molecule has 0 radical (unpaired) electrons. The topological polar surface area (TPSA) is 43.3 Å². The van der Waals surface area contributed by atoms with E-state index in [-0.39, 0.29) is 0 Å². The molecule has 3 nitrogen and oxygen atoms in total. The van der Waals surface area contributed by atoms with E-state index >= 15 is 0 Å². The third-order valence-corrected chi connectivity index (χ3v) is 2.53. The summed E-state index contributed by atoms with van der Waals surface area (Å²) in [6, 6.07) is 13.6. The van der Waals surface area contributed by atoms with Gasteiger partial charge in [0.1, 0.15) is 5.49 Å². The minimum absolute atomic E-state index is 0.574. The molecule has 0 saturated carbocycles. The van der Waals surface area contributed by atoms with Gasteiger partial charge in [0, 0.05) is 18.1 Å². The standard InChI is InChI=1S/C14H15N3/c1-2-17-10-6-5-9-14(17)16-11-12-7-3-4-8-13(12)15/h2-10H,1,11,15H2. The SMILES string of the molecule is C=Cn1ccccc1=NCc1ccccc1N. The Hall–Kier alpha value is -2.29. The molecule has 2 aromatic rings. The number of anilines is 1. The minimum Gasteiger partial charge on any atom is -0.398 e. The number of hydrogen-bond donors (Lipinski definition) is 1. The second kappa shape index (κ2) is 5.16. The molecule has 1 heterocycles. The van der Waals surface area contributed by atoms with Crippen LogP contribution in [0, 0.1) is 0 Å². The first-order chi connectivity index (χ1) is 8.31. The zero-order valence-corrected chi connectivity index (χ0v) is 9.58. The summed E-state index contributed by atoms with van der Waals surface area (Å²) in [7, 11) is 0. The molecule has 0 amide bonds. The van der Waals surface area contributed by atoms with Crippen molar-refractivity contribution in [1.82, 2.24) is 4.57 Å². The van der Waals surface area contributed by atoms with Crippen molar-refractivity contribution in [1.29, 1.82) is 0 Å². The van der Waals surface area contributed by atoms with Crippen molar-refractivity contribution in [3.63, 3.8) is 0 Å². The van der Waals surface area contributed by atoms with Gasteiger partial charge < -0.3 is 10.3 Å². The minimum atomic E-state index is 0.574. The number of nitrogens with two attached hydrogens (primary N) is 1. The highest BCUT2D eigenvalue weighted by Crippen LogP contribution is 2.10. The van der Waals surface area contributed by atoms with Crippen LogP contribution in [0.2, 0.25) is 0 Å². The van der Waals surface area contributed by atoms with E-state index in [9.17, 15) is 0 Å². The molecule has 0 aliphatic rings. The van der Waals surface area contributed by atoms with Crippen LogP contribution in [0.25, 0.3) is 6.20 Å². The average molecular weight is 225 g/mol. The van der Waals surface area contributed by atoms with Gasteiger partial charge in [-0.2, -0.15) is 0 Å². The number of pyridine rings is 1. The van der Waals surface area contributed by atoms with Crippen molar-refractivity contribution in [3.05, 3.63) is 66.3 Å². The van der Waals surface area contributed by atoms with Crippen LogP contribution in [0.5, 0.6) is 0 Å². The lowest BCUT2D eigenvalue weighted by atomic mass is 10.2. The van der Waals surface area contributed by atoms with E-state index in [1.165, 1.54) is 0 Å². The Kier molecular flexibility index (Phi) is 3.40. The van der Waals surface area contributed by atoms with Crippen molar-refractivity contribution < 1.29 is 0 Å². The van der Waals surface area contributed by atoms with Gasteiger partial charge in [0.15, 0.2) is 0 Å². The molecule has 3 heteroatoms. The van der Waals surface area contributed by atoms with E-state index in [0.29, 0.717) is 6.54 Å². The van der Waals surface area contributed by atoms with Gasteiger partial charge in [0.25, 0.3) is 0 Å². The number of rotatable bonds is 3. The maximum Gasteiger partial charge on any atom is 0.131 e. The van der Waals surface area contributed by atoms with Crippen LogP contribution >= 0.6 is 0 Å². The molecular formula is C14H15N3. The predicted molar refractivity (Wildman–Crippen MR) is 70.9 cm³/mol. The Bertz CT molecular complexity index is 582. The third-order valence-electron chi connectivity index (χ3n) is 2.53. The van der Waals surface area contributed by atoms with Crippen molar-refractivity contribution in [2.24, 2.45) is 4.99 Å². The number of hydrogen-bond acceptors (Lipinski definition) is 2. The van der Waals surface area contributed by atoms with E-state index < -0.39 is 0 Å². The molecule has 1 aromatic heterocycles. The van der Waals surface area contributed by atoms with Gasteiger partial charge in [0.2, 0.25) is 0 Å². The molecule has 0 aliphatic heterocycles. The Balaban J connectivity index is 2.32. The van der Waals surface area contributed by atoms with Gasteiger partial charge in [-0.1, -0.05) is 30.8 Å². The second-order valence-electron chi connectivity index (χ2n) is 3.66. The van der Waals surface area contributed by atoms with Crippen LogP contribution in [0.15, 0.2) is 60.2 Å². The highest BCUT2D eigenvalue weighted by molar-refractivity contribution is 5.46. The molecule has 2 N–H and O–H groups in total. The van der Waals surface area contributed by atoms with Crippen LogP contribution in [0.3, 0.4) is 0 Å². The molecule has 0 unspecified atom stereocenters. The van der Waals surface area contributed by atoms with Crippen molar-refractivity contribution in [2.45, 2.75) is 6.54 Å². The molecule has 0 atom stereocenters. The first-order valence-corrected chi connectivity index (χ1v) is 5.45. The molecule has 1 aromatic carbocycles. The molecule has 2 rings (SSSR count). The van der Waals surface area contributed by atoms with Gasteiger partial charge in [-0.15, -0.1) is 0 Å². The monoisotopic (exact) mass is 225 g/mol. The molecule has 86 valence electrons. The highest BCUT2D eigenvalue weighted by atomic mass is 15.0. The fourth-order valence-electron chi connectivity index (χ4n) is 1.58. The summed E-state index contributed by atoms with van der Waals surface area (Å²) >= 11 is 0. The number of nitrogens with zero attached hydrogens (tertiary/aromatic N) is 2. The molecule has 0 bridgehead atoms. The summed E-state index contributed by atoms with van der Waals surface area (Å²) in [6.45, 7) is 4.32. The zero-order chi connectivity index (χ0) is 12.1. The van der Waals surface area contributed by atoms with Gasteiger partial charge in [-0.25, -0.2) is 0 Å². The summed E-state index contributed by atoms with van der Waals surface area (Å²) < 4.78 is 1.87.